The zero-order chi connectivity index (χ0) is 16.2. The standard InChI is InChI=1S/C16H17BF3O2.K/c1-12-11-14(17(18,19)20)5-8-16(12)22-10-9-13-3-6-15(21-2)7-4-13;/h3-8,11H,9-10H2,1-2H3;/q-1;+1. The smallest absolute Gasteiger partial charge is 0.497 e. The first-order chi connectivity index (χ1) is 10.4. The fourth-order valence-electron chi connectivity index (χ4n) is 2.11. The van der Waals surface area contributed by atoms with Crippen LogP contribution in [0.3, 0.4) is 0 Å². The number of hydrogen-bond acceptors (Lipinski definition) is 2. The van der Waals surface area contributed by atoms with E-state index in [0.717, 1.165) is 23.4 Å². The van der Waals surface area contributed by atoms with Gasteiger partial charge in [0.1, 0.15) is 11.5 Å². The van der Waals surface area contributed by atoms with Crippen molar-refractivity contribution in [2.75, 3.05) is 13.7 Å². The second kappa shape index (κ2) is 9.13. The molecule has 0 saturated carbocycles. The van der Waals surface area contributed by atoms with Crippen LogP contribution >= 0.6 is 0 Å². The number of hydrogen-bond donors (Lipinski definition) is 0. The minimum atomic E-state index is -4.97. The van der Waals surface area contributed by atoms with E-state index >= 15 is 0 Å². The summed E-state index contributed by atoms with van der Waals surface area (Å²) in [5.41, 5.74) is 0.972. The minimum absolute atomic E-state index is 0. The second-order valence-corrected chi connectivity index (χ2v) is 5.05. The SMILES string of the molecule is COc1ccc(CCOc2ccc([B-](F)(F)F)cc2C)cc1.[K+]. The van der Waals surface area contributed by atoms with Crippen molar-refractivity contribution in [1.82, 2.24) is 0 Å². The van der Waals surface area contributed by atoms with Crippen molar-refractivity contribution < 1.29 is 73.8 Å². The van der Waals surface area contributed by atoms with Gasteiger partial charge < -0.3 is 22.4 Å². The van der Waals surface area contributed by atoms with Crippen molar-refractivity contribution in [3.8, 4) is 11.5 Å². The molecule has 0 unspecified atom stereocenters. The molecule has 0 heterocycles. The Kier molecular flexibility index (Phi) is 8.17. The van der Waals surface area contributed by atoms with Gasteiger partial charge in [-0.25, -0.2) is 0 Å². The zero-order valence-corrected chi connectivity index (χ0v) is 16.6. The predicted octanol–water partition coefficient (Wildman–Crippen LogP) is 0.684. The molecular weight excluding hydrogens is 331 g/mol. The van der Waals surface area contributed by atoms with Crippen molar-refractivity contribution in [2.45, 2.75) is 13.3 Å². The molecule has 0 aliphatic carbocycles. The Morgan fingerprint density at radius 3 is 2.17 bits per heavy atom. The van der Waals surface area contributed by atoms with Crippen LogP contribution in [0.2, 0.25) is 0 Å². The summed E-state index contributed by atoms with van der Waals surface area (Å²) in [6, 6.07) is 11.2. The summed E-state index contributed by atoms with van der Waals surface area (Å²) >= 11 is 0. The Hall–Kier alpha value is -0.469. The fourth-order valence-corrected chi connectivity index (χ4v) is 2.11. The molecule has 118 valence electrons. The van der Waals surface area contributed by atoms with Gasteiger partial charge in [-0.2, -0.15) is 0 Å². The van der Waals surface area contributed by atoms with E-state index in [1.807, 2.05) is 24.3 Å². The molecule has 7 heteroatoms. The average Bonchev–Trinajstić information content (AvgIpc) is 2.48. The van der Waals surface area contributed by atoms with Gasteiger partial charge in [0.25, 0.3) is 0 Å². The van der Waals surface area contributed by atoms with E-state index in [1.54, 1.807) is 14.0 Å². The van der Waals surface area contributed by atoms with Crippen molar-refractivity contribution in [2.24, 2.45) is 0 Å². The van der Waals surface area contributed by atoms with Gasteiger partial charge in [0.2, 0.25) is 0 Å². The van der Waals surface area contributed by atoms with E-state index in [4.69, 9.17) is 9.47 Å². The fraction of sp³-hybridized carbons (Fsp3) is 0.250. The molecule has 2 aromatic carbocycles. The van der Waals surface area contributed by atoms with Gasteiger partial charge in [-0.05, 0) is 36.2 Å². The molecule has 0 aliphatic rings. The van der Waals surface area contributed by atoms with Crippen LogP contribution in [0.25, 0.3) is 0 Å². The van der Waals surface area contributed by atoms with E-state index in [1.165, 1.54) is 6.07 Å². The molecule has 0 amide bonds. The topological polar surface area (TPSA) is 18.5 Å². The van der Waals surface area contributed by atoms with Gasteiger partial charge in [0.15, 0.2) is 0 Å². The number of rotatable bonds is 6. The summed E-state index contributed by atoms with van der Waals surface area (Å²) < 4.78 is 48.6. The van der Waals surface area contributed by atoms with Crippen molar-refractivity contribution in [3.63, 3.8) is 0 Å². The number of halogens is 3. The maximum atomic E-state index is 12.6. The molecule has 0 radical (unpaired) electrons. The van der Waals surface area contributed by atoms with E-state index in [2.05, 4.69) is 0 Å². The molecular formula is C16H17BF3KO2. The zero-order valence-electron chi connectivity index (χ0n) is 13.5. The van der Waals surface area contributed by atoms with Gasteiger partial charge in [0.05, 0.1) is 13.7 Å². The quantitative estimate of drug-likeness (QED) is 0.715. The summed E-state index contributed by atoms with van der Waals surface area (Å²) in [6.45, 7) is -2.94. The minimum Gasteiger partial charge on any atom is -0.497 e. The number of methoxy groups -OCH3 is 1. The first-order valence-electron chi connectivity index (χ1n) is 6.96. The van der Waals surface area contributed by atoms with E-state index in [-0.39, 0.29) is 51.4 Å². The first-order valence-corrected chi connectivity index (χ1v) is 6.96. The second-order valence-electron chi connectivity index (χ2n) is 5.05. The van der Waals surface area contributed by atoms with Gasteiger partial charge in [0, 0.05) is 6.42 Å². The van der Waals surface area contributed by atoms with Crippen LogP contribution < -0.4 is 66.3 Å². The monoisotopic (exact) mass is 348 g/mol. The van der Waals surface area contributed by atoms with Gasteiger partial charge in [-0.3, -0.25) is 0 Å². The Labute approximate surface area is 176 Å². The van der Waals surface area contributed by atoms with Crippen LogP contribution in [-0.4, -0.2) is 20.7 Å². The molecule has 0 bridgehead atoms. The van der Waals surface area contributed by atoms with E-state index in [9.17, 15) is 12.9 Å². The molecule has 0 fully saturated rings. The largest absolute Gasteiger partial charge is 1.00 e. The third kappa shape index (κ3) is 6.15. The van der Waals surface area contributed by atoms with Crippen molar-refractivity contribution in [3.05, 3.63) is 53.6 Å². The maximum Gasteiger partial charge on any atom is 1.00 e. The Morgan fingerprint density at radius 1 is 1.00 bits per heavy atom. The summed E-state index contributed by atoms with van der Waals surface area (Å²) in [5, 5.41) is 0. The molecule has 0 aliphatic heterocycles. The van der Waals surface area contributed by atoms with Crippen LogP contribution in [0.15, 0.2) is 42.5 Å². The van der Waals surface area contributed by atoms with E-state index in [0.29, 0.717) is 24.3 Å². The summed E-state index contributed by atoms with van der Waals surface area (Å²) in [6.07, 6.45) is 0.675. The normalized spacial score (nSPS) is 10.8. The van der Waals surface area contributed by atoms with Crippen LogP contribution in [0, 0.1) is 6.92 Å². The molecule has 0 atom stereocenters. The molecule has 2 nitrogen and oxygen atoms in total. The van der Waals surface area contributed by atoms with Crippen LogP contribution in [0.1, 0.15) is 11.1 Å². The average molecular weight is 348 g/mol. The third-order valence-electron chi connectivity index (χ3n) is 3.38. The van der Waals surface area contributed by atoms with Crippen LogP contribution in [0.5, 0.6) is 11.5 Å². The molecule has 2 rings (SSSR count). The molecule has 23 heavy (non-hydrogen) atoms. The summed E-state index contributed by atoms with van der Waals surface area (Å²) in [5.74, 6) is 1.27. The maximum absolute atomic E-state index is 12.6. The van der Waals surface area contributed by atoms with Gasteiger partial charge in [-0.15, -0.1) is 5.46 Å². The third-order valence-corrected chi connectivity index (χ3v) is 3.38. The van der Waals surface area contributed by atoms with Crippen molar-refractivity contribution in [1.29, 1.82) is 0 Å². The Bertz CT molecular complexity index is 630. The molecule has 0 aromatic heterocycles. The summed E-state index contributed by atoms with van der Waals surface area (Å²) in [7, 11) is 1.60. The number of aryl methyl sites for hydroxylation is 1. The summed E-state index contributed by atoms with van der Waals surface area (Å²) in [4.78, 5) is 0. The van der Waals surface area contributed by atoms with E-state index < -0.39 is 12.4 Å². The molecule has 2 aromatic rings. The Balaban J connectivity index is 0.00000264. The van der Waals surface area contributed by atoms with Crippen molar-refractivity contribution >= 4 is 12.4 Å². The number of benzene rings is 2. The van der Waals surface area contributed by atoms with Gasteiger partial charge >= 0.3 is 58.4 Å². The number of ether oxygens (including phenoxy) is 2. The molecule has 0 N–H and O–H groups in total. The van der Waals surface area contributed by atoms with Crippen LogP contribution in [-0.2, 0) is 6.42 Å². The molecule has 0 spiro atoms. The Morgan fingerprint density at radius 2 is 1.65 bits per heavy atom. The van der Waals surface area contributed by atoms with Crippen LogP contribution in [0.4, 0.5) is 12.9 Å². The first kappa shape index (κ1) is 20.6. The predicted molar refractivity (Wildman–Crippen MR) is 82.1 cm³/mol. The van der Waals surface area contributed by atoms with Gasteiger partial charge in [-0.1, -0.05) is 24.3 Å². The molecule has 0 saturated heterocycles.